The van der Waals surface area contributed by atoms with Crippen molar-refractivity contribution in [1.29, 1.82) is 0 Å². The molecule has 1 aromatic rings. The van der Waals surface area contributed by atoms with Crippen molar-refractivity contribution in [2.45, 2.75) is 26.9 Å². The summed E-state index contributed by atoms with van der Waals surface area (Å²) in [6, 6.07) is 4.90. The fourth-order valence-corrected chi connectivity index (χ4v) is 2.27. The summed E-state index contributed by atoms with van der Waals surface area (Å²) in [7, 11) is -3.50. The number of hydrogen-bond acceptors (Lipinski definition) is 4. The Bertz CT molecular complexity index is 497. The highest BCUT2D eigenvalue weighted by atomic mass is 32.2. The standard InChI is InChI=1S/C12H19NO4S/c1-9(2)17-7-8-18(15,16)13-11-6-4-5-10(3)12(11)14/h4-6,9,13-14H,7-8H2,1-3H3. The zero-order valence-corrected chi connectivity index (χ0v) is 11.6. The lowest BCUT2D eigenvalue weighted by atomic mass is 10.2. The van der Waals surface area contributed by atoms with Gasteiger partial charge in [0.05, 0.1) is 24.2 Å². The van der Waals surface area contributed by atoms with E-state index in [1.807, 2.05) is 13.8 Å². The molecule has 0 bridgehead atoms. The minimum absolute atomic E-state index is 0.00688. The van der Waals surface area contributed by atoms with Gasteiger partial charge in [0.15, 0.2) is 0 Å². The molecule has 102 valence electrons. The molecule has 0 aliphatic rings. The van der Waals surface area contributed by atoms with E-state index >= 15 is 0 Å². The average molecular weight is 273 g/mol. The summed E-state index contributed by atoms with van der Waals surface area (Å²) in [4.78, 5) is 0. The molecule has 0 atom stereocenters. The molecule has 0 aliphatic heterocycles. The molecule has 6 heteroatoms. The molecule has 0 heterocycles. The third-order valence-electron chi connectivity index (χ3n) is 2.31. The molecule has 5 nitrogen and oxygen atoms in total. The molecule has 2 N–H and O–H groups in total. The van der Waals surface area contributed by atoms with Crippen LogP contribution in [0.15, 0.2) is 18.2 Å². The summed E-state index contributed by atoms with van der Waals surface area (Å²) in [5, 5.41) is 9.72. The second-order valence-electron chi connectivity index (χ2n) is 4.31. The van der Waals surface area contributed by atoms with E-state index in [2.05, 4.69) is 4.72 Å². The Labute approximate surface area is 108 Å². The SMILES string of the molecule is Cc1cccc(NS(=O)(=O)CCOC(C)C)c1O. The second kappa shape index (κ2) is 6.06. The summed E-state index contributed by atoms with van der Waals surface area (Å²) in [5.74, 6) is -0.190. The fraction of sp³-hybridized carbons (Fsp3) is 0.500. The van der Waals surface area contributed by atoms with Crippen molar-refractivity contribution in [3.63, 3.8) is 0 Å². The normalized spacial score (nSPS) is 11.8. The molecule has 0 radical (unpaired) electrons. The number of aromatic hydroxyl groups is 1. The zero-order valence-electron chi connectivity index (χ0n) is 10.8. The van der Waals surface area contributed by atoms with Crippen molar-refractivity contribution in [2.24, 2.45) is 0 Å². The Hall–Kier alpha value is -1.27. The number of phenols is 1. The summed E-state index contributed by atoms with van der Waals surface area (Å²) in [6.45, 7) is 5.51. The van der Waals surface area contributed by atoms with E-state index in [0.29, 0.717) is 5.56 Å². The van der Waals surface area contributed by atoms with Crippen molar-refractivity contribution in [2.75, 3.05) is 17.1 Å². The van der Waals surface area contributed by atoms with Gasteiger partial charge in [-0.25, -0.2) is 8.42 Å². The quantitative estimate of drug-likeness (QED) is 0.776. The highest BCUT2D eigenvalue weighted by molar-refractivity contribution is 7.92. The Morgan fingerprint density at radius 3 is 2.67 bits per heavy atom. The van der Waals surface area contributed by atoms with Crippen LogP contribution in [0.1, 0.15) is 19.4 Å². The highest BCUT2D eigenvalue weighted by Crippen LogP contribution is 2.27. The van der Waals surface area contributed by atoms with E-state index in [1.54, 1.807) is 19.1 Å². The number of anilines is 1. The Morgan fingerprint density at radius 1 is 1.39 bits per heavy atom. The van der Waals surface area contributed by atoms with E-state index in [9.17, 15) is 13.5 Å². The van der Waals surface area contributed by atoms with Crippen molar-refractivity contribution in [1.82, 2.24) is 0 Å². The third kappa shape index (κ3) is 4.54. The summed E-state index contributed by atoms with van der Waals surface area (Å²) in [6.07, 6.45) is -0.00688. The molecule has 0 aromatic heterocycles. The van der Waals surface area contributed by atoms with Crippen LogP contribution in [0.4, 0.5) is 5.69 Å². The maximum atomic E-state index is 11.7. The molecule has 1 aromatic carbocycles. The number of nitrogens with one attached hydrogen (secondary N) is 1. The second-order valence-corrected chi connectivity index (χ2v) is 6.15. The monoisotopic (exact) mass is 273 g/mol. The van der Waals surface area contributed by atoms with Gasteiger partial charge in [0.2, 0.25) is 10.0 Å². The lowest BCUT2D eigenvalue weighted by molar-refractivity contribution is 0.0913. The minimum atomic E-state index is -3.50. The lowest BCUT2D eigenvalue weighted by Crippen LogP contribution is -2.21. The molecule has 0 unspecified atom stereocenters. The van der Waals surface area contributed by atoms with Crippen LogP contribution in [-0.2, 0) is 14.8 Å². The molecule has 0 saturated heterocycles. The van der Waals surface area contributed by atoms with Crippen LogP contribution in [0, 0.1) is 6.92 Å². The number of para-hydroxylation sites is 1. The number of sulfonamides is 1. The van der Waals surface area contributed by atoms with Gasteiger partial charge in [-0.3, -0.25) is 4.72 Å². The van der Waals surface area contributed by atoms with Gasteiger partial charge in [0.1, 0.15) is 5.75 Å². The van der Waals surface area contributed by atoms with Gasteiger partial charge in [-0.05, 0) is 32.4 Å². The zero-order chi connectivity index (χ0) is 13.8. The van der Waals surface area contributed by atoms with Gasteiger partial charge in [0, 0.05) is 0 Å². The fourth-order valence-electron chi connectivity index (χ4n) is 1.35. The minimum Gasteiger partial charge on any atom is -0.505 e. The number of rotatable bonds is 6. The molecule has 0 saturated carbocycles. The smallest absolute Gasteiger partial charge is 0.235 e. The van der Waals surface area contributed by atoms with E-state index in [1.165, 1.54) is 6.07 Å². The van der Waals surface area contributed by atoms with Gasteiger partial charge in [-0.1, -0.05) is 12.1 Å². The van der Waals surface area contributed by atoms with E-state index < -0.39 is 10.0 Å². The maximum absolute atomic E-state index is 11.7. The molecule has 1 rings (SSSR count). The first kappa shape index (κ1) is 14.8. The molecule has 0 spiro atoms. The Balaban J connectivity index is 2.68. The van der Waals surface area contributed by atoms with Gasteiger partial charge in [-0.2, -0.15) is 0 Å². The van der Waals surface area contributed by atoms with Gasteiger partial charge in [-0.15, -0.1) is 0 Å². The molecular weight excluding hydrogens is 254 g/mol. The molecule has 0 aliphatic carbocycles. The van der Waals surface area contributed by atoms with Crippen LogP contribution in [0.25, 0.3) is 0 Å². The molecule has 0 fully saturated rings. The first-order valence-corrected chi connectivity index (χ1v) is 7.38. The summed E-state index contributed by atoms with van der Waals surface area (Å²) in [5.41, 5.74) is 0.813. The van der Waals surface area contributed by atoms with Crippen molar-refractivity contribution in [3.8, 4) is 5.75 Å². The summed E-state index contributed by atoms with van der Waals surface area (Å²) < 4.78 is 31.0. The lowest BCUT2D eigenvalue weighted by Gasteiger charge is -2.12. The van der Waals surface area contributed by atoms with Crippen LogP contribution in [0.3, 0.4) is 0 Å². The van der Waals surface area contributed by atoms with E-state index in [0.717, 1.165) is 0 Å². The van der Waals surface area contributed by atoms with Gasteiger partial charge < -0.3 is 9.84 Å². The largest absolute Gasteiger partial charge is 0.505 e. The number of benzene rings is 1. The number of aryl methyl sites for hydroxylation is 1. The topological polar surface area (TPSA) is 75.6 Å². The average Bonchev–Trinajstić information content (AvgIpc) is 2.23. The first-order chi connectivity index (χ1) is 8.32. The van der Waals surface area contributed by atoms with Crippen molar-refractivity contribution >= 4 is 15.7 Å². The Morgan fingerprint density at radius 2 is 2.06 bits per heavy atom. The van der Waals surface area contributed by atoms with Crippen LogP contribution in [-0.4, -0.2) is 32.0 Å². The number of phenolic OH excluding ortho intramolecular Hbond substituents is 1. The number of ether oxygens (including phenoxy) is 1. The van der Waals surface area contributed by atoms with Gasteiger partial charge >= 0.3 is 0 Å². The molecule has 18 heavy (non-hydrogen) atoms. The predicted octanol–water partition coefficient (Wildman–Crippen LogP) is 1.87. The highest BCUT2D eigenvalue weighted by Gasteiger charge is 2.13. The predicted molar refractivity (Wildman–Crippen MR) is 71.3 cm³/mol. The van der Waals surface area contributed by atoms with Crippen LogP contribution >= 0.6 is 0 Å². The molecular formula is C12H19NO4S. The number of hydrogen-bond donors (Lipinski definition) is 2. The third-order valence-corrected chi connectivity index (χ3v) is 3.54. The van der Waals surface area contributed by atoms with E-state index in [-0.39, 0.29) is 29.9 Å². The Kier molecular flexibility index (Phi) is 4.98. The summed E-state index contributed by atoms with van der Waals surface area (Å²) >= 11 is 0. The van der Waals surface area contributed by atoms with Crippen LogP contribution in [0.5, 0.6) is 5.75 Å². The first-order valence-electron chi connectivity index (χ1n) is 5.72. The van der Waals surface area contributed by atoms with E-state index in [4.69, 9.17) is 4.74 Å². The van der Waals surface area contributed by atoms with Crippen LogP contribution < -0.4 is 4.72 Å². The van der Waals surface area contributed by atoms with Crippen molar-refractivity contribution in [3.05, 3.63) is 23.8 Å². The van der Waals surface area contributed by atoms with Crippen LogP contribution in [0.2, 0.25) is 0 Å². The molecule has 0 amide bonds. The van der Waals surface area contributed by atoms with Crippen molar-refractivity contribution < 1.29 is 18.3 Å². The van der Waals surface area contributed by atoms with Gasteiger partial charge in [0.25, 0.3) is 0 Å². The maximum Gasteiger partial charge on any atom is 0.235 e.